The van der Waals surface area contributed by atoms with Crippen molar-refractivity contribution in [1.82, 2.24) is 9.47 Å². The highest BCUT2D eigenvalue weighted by Gasteiger charge is 2.34. The first-order valence-electron chi connectivity index (χ1n) is 8.49. The van der Waals surface area contributed by atoms with E-state index in [-0.39, 0.29) is 36.4 Å². The van der Waals surface area contributed by atoms with E-state index in [1.807, 2.05) is 13.0 Å². The molecule has 3 rings (SSSR count). The van der Waals surface area contributed by atoms with Gasteiger partial charge in [-0.05, 0) is 25.0 Å². The molecule has 0 aliphatic carbocycles. The minimum absolute atomic E-state index is 0.0350. The number of sulfone groups is 1. The zero-order valence-corrected chi connectivity index (χ0v) is 15.0. The van der Waals surface area contributed by atoms with Gasteiger partial charge in [-0.2, -0.15) is 0 Å². The summed E-state index contributed by atoms with van der Waals surface area (Å²) in [5, 5.41) is 0. The molecule has 1 amide bonds. The zero-order chi connectivity index (χ0) is 18.0. The molecule has 1 aromatic heterocycles. The molecule has 1 atom stereocenters. The first-order valence-corrected chi connectivity index (χ1v) is 10.3. The second-order valence-electron chi connectivity index (χ2n) is 6.38. The Morgan fingerprint density at radius 3 is 2.80 bits per heavy atom. The molecule has 8 heteroatoms. The molecule has 1 aliphatic heterocycles. The lowest BCUT2D eigenvalue weighted by Gasteiger charge is -2.28. The van der Waals surface area contributed by atoms with Crippen molar-refractivity contribution >= 4 is 26.8 Å². The zero-order valence-electron chi connectivity index (χ0n) is 14.2. The normalized spacial score (nSPS) is 19.3. The van der Waals surface area contributed by atoms with E-state index in [0.717, 1.165) is 6.42 Å². The van der Waals surface area contributed by atoms with Gasteiger partial charge >= 0.3 is 5.76 Å². The largest absolute Gasteiger partial charge is 0.419 e. The summed E-state index contributed by atoms with van der Waals surface area (Å²) in [5.74, 6) is -0.440. The van der Waals surface area contributed by atoms with Crippen LogP contribution in [-0.2, 0) is 21.2 Å². The van der Waals surface area contributed by atoms with Gasteiger partial charge in [-0.3, -0.25) is 9.36 Å². The van der Waals surface area contributed by atoms with Crippen molar-refractivity contribution in [3.05, 3.63) is 34.8 Å². The van der Waals surface area contributed by atoms with Crippen LogP contribution in [0.5, 0.6) is 0 Å². The van der Waals surface area contributed by atoms with E-state index in [1.54, 1.807) is 23.1 Å². The standard InChI is InChI=1S/C17H22N2O5S/c1-2-9-18(13-8-11-25(22,23)12-13)16(20)7-10-19-14-5-3-4-6-15(14)24-17(19)21/h3-6,13H,2,7-12H2,1H3/t13-/m0/s1. The number of fused-ring (bicyclic) bond motifs is 1. The summed E-state index contributed by atoms with van der Waals surface area (Å²) in [6.45, 7) is 2.70. The molecule has 1 aromatic carbocycles. The molecular formula is C17H22N2O5S. The van der Waals surface area contributed by atoms with Crippen molar-refractivity contribution in [2.45, 2.75) is 38.8 Å². The second kappa shape index (κ2) is 7.03. The van der Waals surface area contributed by atoms with Gasteiger partial charge in [0.05, 0.1) is 17.0 Å². The maximum absolute atomic E-state index is 12.7. The van der Waals surface area contributed by atoms with Gasteiger partial charge in [0.25, 0.3) is 0 Å². The van der Waals surface area contributed by atoms with Crippen LogP contribution in [0.1, 0.15) is 26.2 Å². The Morgan fingerprint density at radius 2 is 2.12 bits per heavy atom. The maximum Gasteiger partial charge on any atom is 0.419 e. The molecular weight excluding hydrogens is 344 g/mol. The van der Waals surface area contributed by atoms with Crippen LogP contribution >= 0.6 is 0 Å². The summed E-state index contributed by atoms with van der Waals surface area (Å²) in [7, 11) is -3.05. The van der Waals surface area contributed by atoms with Gasteiger partial charge < -0.3 is 9.32 Å². The van der Waals surface area contributed by atoms with Crippen LogP contribution in [0.3, 0.4) is 0 Å². The summed E-state index contributed by atoms with van der Waals surface area (Å²) >= 11 is 0. The van der Waals surface area contributed by atoms with Gasteiger partial charge in [-0.25, -0.2) is 13.2 Å². The number of amides is 1. The summed E-state index contributed by atoms with van der Waals surface area (Å²) in [6.07, 6.45) is 1.39. The molecule has 1 saturated heterocycles. The van der Waals surface area contributed by atoms with E-state index in [2.05, 4.69) is 0 Å². The highest BCUT2D eigenvalue weighted by Crippen LogP contribution is 2.19. The number of carbonyl (C=O) groups excluding carboxylic acids is 1. The number of nitrogens with zero attached hydrogens (tertiary/aromatic N) is 2. The maximum atomic E-state index is 12.7. The van der Waals surface area contributed by atoms with E-state index in [0.29, 0.717) is 24.1 Å². The smallest absolute Gasteiger partial charge is 0.408 e. The number of rotatable bonds is 6. The fraction of sp³-hybridized carbons (Fsp3) is 0.529. The SMILES string of the molecule is CCCN(C(=O)CCn1c(=O)oc2ccccc21)[C@H]1CCS(=O)(=O)C1. The molecule has 0 spiro atoms. The van der Waals surface area contributed by atoms with Crippen LogP contribution in [0.25, 0.3) is 11.1 Å². The topological polar surface area (TPSA) is 89.6 Å². The van der Waals surface area contributed by atoms with Crippen LogP contribution in [0.2, 0.25) is 0 Å². The molecule has 2 aromatic rings. The number of hydrogen-bond donors (Lipinski definition) is 0. The number of benzene rings is 1. The lowest BCUT2D eigenvalue weighted by Crippen LogP contribution is -2.42. The molecule has 0 unspecified atom stereocenters. The molecule has 0 N–H and O–H groups in total. The van der Waals surface area contributed by atoms with Crippen molar-refractivity contribution in [1.29, 1.82) is 0 Å². The third-order valence-corrected chi connectivity index (χ3v) is 6.31. The monoisotopic (exact) mass is 366 g/mol. The number of aromatic nitrogens is 1. The Morgan fingerprint density at radius 1 is 1.36 bits per heavy atom. The van der Waals surface area contributed by atoms with Crippen LogP contribution in [0.15, 0.2) is 33.5 Å². The molecule has 1 aliphatic rings. The average molecular weight is 366 g/mol. The van der Waals surface area contributed by atoms with Crippen molar-refractivity contribution < 1.29 is 17.6 Å². The van der Waals surface area contributed by atoms with E-state index in [4.69, 9.17) is 4.42 Å². The predicted octanol–water partition coefficient (Wildman–Crippen LogP) is 1.41. The molecule has 0 saturated carbocycles. The molecule has 2 heterocycles. The fourth-order valence-electron chi connectivity index (χ4n) is 3.35. The van der Waals surface area contributed by atoms with Gasteiger partial charge in [-0.1, -0.05) is 19.1 Å². The third-order valence-electron chi connectivity index (χ3n) is 4.56. The Hall–Kier alpha value is -2.09. The summed E-state index contributed by atoms with van der Waals surface area (Å²) in [5.41, 5.74) is 1.15. The molecule has 0 radical (unpaired) electrons. The van der Waals surface area contributed by atoms with Crippen LogP contribution in [0.4, 0.5) is 0 Å². The fourth-order valence-corrected chi connectivity index (χ4v) is 5.08. The average Bonchev–Trinajstić information content (AvgIpc) is 3.09. The van der Waals surface area contributed by atoms with Gasteiger partial charge in [0.1, 0.15) is 0 Å². The third kappa shape index (κ3) is 3.78. The highest BCUT2D eigenvalue weighted by molar-refractivity contribution is 7.91. The highest BCUT2D eigenvalue weighted by atomic mass is 32.2. The van der Waals surface area contributed by atoms with E-state index in [9.17, 15) is 18.0 Å². The quantitative estimate of drug-likeness (QED) is 0.771. The second-order valence-corrected chi connectivity index (χ2v) is 8.61. The Balaban J connectivity index is 1.73. The number of hydrogen-bond acceptors (Lipinski definition) is 5. The van der Waals surface area contributed by atoms with Gasteiger partial charge in [0, 0.05) is 25.6 Å². The molecule has 0 bridgehead atoms. The summed E-state index contributed by atoms with van der Waals surface area (Å²) in [4.78, 5) is 26.3. The number of aryl methyl sites for hydroxylation is 1. The first-order chi connectivity index (χ1) is 11.9. The Labute approximate surface area is 146 Å². The lowest BCUT2D eigenvalue weighted by atomic mass is 10.2. The van der Waals surface area contributed by atoms with Gasteiger partial charge in [0.2, 0.25) is 5.91 Å². The van der Waals surface area contributed by atoms with Gasteiger partial charge in [0.15, 0.2) is 15.4 Å². The number of para-hydroxylation sites is 2. The number of carbonyl (C=O) groups is 1. The lowest BCUT2D eigenvalue weighted by molar-refractivity contribution is -0.133. The first kappa shape index (κ1) is 17.7. The van der Waals surface area contributed by atoms with Crippen molar-refractivity contribution in [2.75, 3.05) is 18.1 Å². The van der Waals surface area contributed by atoms with E-state index in [1.165, 1.54) is 4.57 Å². The minimum Gasteiger partial charge on any atom is -0.408 e. The van der Waals surface area contributed by atoms with Crippen molar-refractivity contribution in [3.8, 4) is 0 Å². The molecule has 1 fully saturated rings. The van der Waals surface area contributed by atoms with Crippen molar-refractivity contribution in [2.24, 2.45) is 0 Å². The summed E-state index contributed by atoms with van der Waals surface area (Å²) < 4.78 is 30.0. The van der Waals surface area contributed by atoms with Gasteiger partial charge in [-0.15, -0.1) is 0 Å². The van der Waals surface area contributed by atoms with Crippen LogP contribution < -0.4 is 5.76 Å². The number of oxazole rings is 1. The summed E-state index contributed by atoms with van der Waals surface area (Å²) in [6, 6.07) is 6.82. The molecule has 25 heavy (non-hydrogen) atoms. The minimum atomic E-state index is -3.05. The molecule has 7 nitrogen and oxygen atoms in total. The van der Waals surface area contributed by atoms with Crippen LogP contribution in [0, 0.1) is 0 Å². The van der Waals surface area contributed by atoms with Crippen LogP contribution in [-0.4, -0.2) is 47.9 Å². The molecule has 136 valence electrons. The van der Waals surface area contributed by atoms with E-state index >= 15 is 0 Å². The Kier molecular flexibility index (Phi) is 4.99. The predicted molar refractivity (Wildman–Crippen MR) is 94.2 cm³/mol. The Bertz CT molecular complexity index is 928. The van der Waals surface area contributed by atoms with Crippen molar-refractivity contribution in [3.63, 3.8) is 0 Å². The van der Waals surface area contributed by atoms with E-state index < -0.39 is 15.6 Å².